The Morgan fingerprint density at radius 2 is 1.86 bits per heavy atom. The maximum Gasteiger partial charge on any atom is 0.305 e. The lowest BCUT2D eigenvalue weighted by Crippen LogP contribution is -2.39. The highest BCUT2D eigenvalue weighted by Crippen LogP contribution is 2.29. The zero-order valence-electron chi connectivity index (χ0n) is 13.5. The van der Waals surface area contributed by atoms with E-state index in [1.165, 1.54) is 6.42 Å². The standard InChI is InChI=1S/C18H25NO3/c1-13-8-9-14(2)16(12-13)19(11-10-17(20)21)18(22)15-6-4-3-5-7-15/h8-9,12,15H,3-7,10-11H2,1-2H3,(H,20,21). The maximum absolute atomic E-state index is 12.9. The van der Waals surface area contributed by atoms with E-state index in [0.717, 1.165) is 42.5 Å². The van der Waals surface area contributed by atoms with E-state index in [1.54, 1.807) is 4.90 Å². The number of carboxylic acid groups (broad SMARTS) is 1. The van der Waals surface area contributed by atoms with Crippen LogP contribution in [-0.2, 0) is 9.59 Å². The molecule has 0 aliphatic heterocycles. The van der Waals surface area contributed by atoms with Gasteiger partial charge in [0, 0.05) is 18.2 Å². The van der Waals surface area contributed by atoms with Gasteiger partial charge in [0.25, 0.3) is 0 Å². The Balaban J connectivity index is 2.26. The Morgan fingerprint density at radius 1 is 1.18 bits per heavy atom. The third kappa shape index (κ3) is 4.09. The van der Waals surface area contributed by atoms with Crippen LogP contribution in [0, 0.1) is 19.8 Å². The van der Waals surface area contributed by atoms with E-state index < -0.39 is 5.97 Å². The van der Waals surface area contributed by atoms with Crippen molar-refractivity contribution in [2.24, 2.45) is 5.92 Å². The highest BCUT2D eigenvalue weighted by Gasteiger charge is 2.28. The van der Waals surface area contributed by atoms with E-state index in [1.807, 2.05) is 32.0 Å². The molecule has 4 heteroatoms. The lowest BCUT2D eigenvalue weighted by Gasteiger charge is -2.30. The van der Waals surface area contributed by atoms with E-state index >= 15 is 0 Å². The van der Waals surface area contributed by atoms with Crippen molar-refractivity contribution in [3.63, 3.8) is 0 Å². The van der Waals surface area contributed by atoms with Gasteiger partial charge in [-0.1, -0.05) is 31.4 Å². The van der Waals surface area contributed by atoms with Crippen LogP contribution in [0.5, 0.6) is 0 Å². The summed E-state index contributed by atoms with van der Waals surface area (Å²) in [6, 6.07) is 5.99. The molecule has 1 fully saturated rings. The Hall–Kier alpha value is -1.84. The predicted molar refractivity (Wildman–Crippen MR) is 87.1 cm³/mol. The summed E-state index contributed by atoms with van der Waals surface area (Å²) in [6.07, 6.45) is 5.21. The monoisotopic (exact) mass is 303 g/mol. The third-order valence-corrected chi connectivity index (χ3v) is 4.43. The fourth-order valence-electron chi connectivity index (χ4n) is 3.14. The lowest BCUT2D eigenvalue weighted by molar-refractivity contribution is -0.136. The van der Waals surface area contributed by atoms with Crippen LogP contribution in [0.1, 0.15) is 49.7 Å². The number of amides is 1. The first-order valence-electron chi connectivity index (χ1n) is 8.09. The van der Waals surface area contributed by atoms with Crippen molar-refractivity contribution in [2.45, 2.75) is 52.4 Å². The first-order chi connectivity index (χ1) is 10.5. The summed E-state index contributed by atoms with van der Waals surface area (Å²) in [4.78, 5) is 25.6. The van der Waals surface area contributed by atoms with E-state index in [4.69, 9.17) is 5.11 Å². The van der Waals surface area contributed by atoms with E-state index in [9.17, 15) is 9.59 Å². The van der Waals surface area contributed by atoms with Gasteiger partial charge in [0.05, 0.1) is 6.42 Å². The molecule has 1 aliphatic carbocycles. The van der Waals surface area contributed by atoms with Crippen molar-refractivity contribution < 1.29 is 14.7 Å². The molecule has 1 saturated carbocycles. The number of benzene rings is 1. The fraction of sp³-hybridized carbons (Fsp3) is 0.556. The summed E-state index contributed by atoms with van der Waals surface area (Å²) in [5.74, 6) is -0.733. The van der Waals surface area contributed by atoms with Gasteiger partial charge >= 0.3 is 5.97 Å². The summed E-state index contributed by atoms with van der Waals surface area (Å²) < 4.78 is 0. The summed E-state index contributed by atoms with van der Waals surface area (Å²) in [6.45, 7) is 4.20. The molecular weight excluding hydrogens is 278 g/mol. The summed E-state index contributed by atoms with van der Waals surface area (Å²) in [5.41, 5.74) is 2.95. The largest absolute Gasteiger partial charge is 0.481 e. The minimum atomic E-state index is -0.869. The van der Waals surface area contributed by atoms with Crippen LogP contribution in [0.4, 0.5) is 5.69 Å². The number of carbonyl (C=O) groups excluding carboxylic acids is 1. The van der Waals surface area contributed by atoms with E-state index in [2.05, 4.69) is 0 Å². The second-order valence-corrected chi connectivity index (χ2v) is 6.26. The molecule has 4 nitrogen and oxygen atoms in total. The predicted octanol–water partition coefficient (Wildman–Crippen LogP) is 3.69. The number of nitrogens with zero attached hydrogens (tertiary/aromatic N) is 1. The number of hydrogen-bond acceptors (Lipinski definition) is 2. The summed E-state index contributed by atoms with van der Waals surface area (Å²) in [5, 5.41) is 8.99. The maximum atomic E-state index is 12.9. The van der Waals surface area contributed by atoms with Gasteiger partial charge in [0.2, 0.25) is 5.91 Å². The average molecular weight is 303 g/mol. The van der Waals surface area contributed by atoms with Crippen LogP contribution in [-0.4, -0.2) is 23.5 Å². The Labute approximate surface area is 132 Å². The Bertz CT molecular complexity index is 547. The van der Waals surface area contributed by atoms with Gasteiger partial charge < -0.3 is 10.0 Å². The van der Waals surface area contributed by atoms with Crippen LogP contribution < -0.4 is 4.90 Å². The minimum Gasteiger partial charge on any atom is -0.481 e. The second kappa shape index (κ2) is 7.43. The van der Waals surface area contributed by atoms with Crippen molar-refractivity contribution >= 4 is 17.6 Å². The quantitative estimate of drug-likeness (QED) is 0.902. The number of carbonyl (C=O) groups is 2. The molecule has 0 heterocycles. The van der Waals surface area contributed by atoms with E-state index in [-0.39, 0.29) is 24.8 Å². The van der Waals surface area contributed by atoms with Gasteiger partial charge in [-0.2, -0.15) is 0 Å². The van der Waals surface area contributed by atoms with E-state index in [0.29, 0.717) is 0 Å². The number of aliphatic carboxylic acids is 1. The molecular formula is C18H25NO3. The molecule has 1 amide bonds. The van der Waals surface area contributed by atoms with Crippen LogP contribution in [0.15, 0.2) is 18.2 Å². The SMILES string of the molecule is Cc1ccc(C)c(N(CCC(=O)O)C(=O)C2CCCCC2)c1. The van der Waals surface area contributed by atoms with Crippen LogP contribution >= 0.6 is 0 Å². The van der Waals surface area contributed by atoms with Crippen molar-refractivity contribution in [1.29, 1.82) is 0 Å². The molecule has 120 valence electrons. The van der Waals surface area contributed by atoms with Crippen LogP contribution in [0.3, 0.4) is 0 Å². The third-order valence-electron chi connectivity index (χ3n) is 4.43. The van der Waals surface area contributed by atoms with Gasteiger partial charge in [-0.25, -0.2) is 0 Å². The molecule has 1 aromatic carbocycles. The zero-order valence-corrected chi connectivity index (χ0v) is 13.5. The number of anilines is 1. The number of aryl methyl sites for hydroxylation is 2. The molecule has 2 rings (SSSR count). The van der Waals surface area contributed by atoms with Crippen molar-refractivity contribution in [1.82, 2.24) is 0 Å². The number of hydrogen-bond donors (Lipinski definition) is 1. The molecule has 0 spiro atoms. The molecule has 22 heavy (non-hydrogen) atoms. The van der Waals surface area contributed by atoms with Crippen molar-refractivity contribution in [3.05, 3.63) is 29.3 Å². The molecule has 1 aliphatic rings. The molecule has 0 bridgehead atoms. The molecule has 0 atom stereocenters. The highest BCUT2D eigenvalue weighted by molar-refractivity contribution is 5.96. The Kier molecular flexibility index (Phi) is 5.58. The lowest BCUT2D eigenvalue weighted by atomic mass is 9.88. The average Bonchev–Trinajstić information content (AvgIpc) is 2.51. The Morgan fingerprint density at radius 3 is 2.50 bits per heavy atom. The topological polar surface area (TPSA) is 57.6 Å². The van der Waals surface area contributed by atoms with Crippen LogP contribution in [0.2, 0.25) is 0 Å². The molecule has 0 aromatic heterocycles. The number of rotatable bonds is 5. The first-order valence-corrected chi connectivity index (χ1v) is 8.09. The van der Waals surface area contributed by atoms with Crippen LogP contribution in [0.25, 0.3) is 0 Å². The molecule has 1 aromatic rings. The molecule has 0 unspecified atom stereocenters. The minimum absolute atomic E-state index is 0.0220. The van der Waals surface area contributed by atoms with Gasteiger partial charge in [0.15, 0.2) is 0 Å². The zero-order chi connectivity index (χ0) is 16.1. The van der Waals surface area contributed by atoms with Crippen molar-refractivity contribution in [3.8, 4) is 0 Å². The molecule has 0 radical (unpaired) electrons. The highest BCUT2D eigenvalue weighted by atomic mass is 16.4. The van der Waals surface area contributed by atoms with Gasteiger partial charge in [-0.3, -0.25) is 9.59 Å². The summed E-state index contributed by atoms with van der Waals surface area (Å²) >= 11 is 0. The second-order valence-electron chi connectivity index (χ2n) is 6.26. The fourth-order valence-corrected chi connectivity index (χ4v) is 3.14. The first kappa shape index (κ1) is 16.5. The smallest absolute Gasteiger partial charge is 0.305 e. The normalized spacial score (nSPS) is 15.5. The molecule has 1 N–H and O–H groups in total. The molecule has 0 saturated heterocycles. The number of carboxylic acids is 1. The van der Waals surface area contributed by atoms with Crippen molar-refractivity contribution in [2.75, 3.05) is 11.4 Å². The van der Waals surface area contributed by atoms with Gasteiger partial charge in [0.1, 0.15) is 0 Å². The summed E-state index contributed by atoms with van der Waals surface area (Å²) in [7, 11) is 0. The van der Waals surface area contributed by atoms with Gasteiger partial charge in [-0.05, 0) is 43.9 Å². The van der Waals surface area contributed by atoms with Gasteiger partial charge in [-0.15, -0.1) is 0 Å².